The van der Waals surface area contributed by atoms with Gasteiger partial charge in [-0.2, -0.15) is 0 Å². The summed E-state index contributed by atoms with van der Waals surface area (Å²) in [4.78, 5) is 17.2. The van der Waals surface area contributed by atoms with Crippen molar-refractivity contribution in [2.24, 2.45) is 0 Å². The van der Waals surface area contributed by atoms with Gasteiger partial charge in [0.2, 0.25) is 5.65 Å². The molecule has 4 rings (SSSR count). The van der Waals surface area contributed by atoms with Gasteiger partial charge in [0.05, 0.1) is 11.4 Å². The number of hydrogen-bond acceptors (Lipinski definition) is 2. The minimum atomic E-state index is -0.385. The molecule has 2 aromatic carbocycles. The van der Waals surface area contributed by atoms with Crippen LogP contribution in [-0.4, -0.2) is 14.0 Å². The summed E-state index contributed by atoms with van der Waals surface area (Å²) in [6, 6.07) is 14.1. The van der Waals surface area contributed by atoms with Crippen molar-refractivity contribution in [3.05, 3.63) is 88.9 Å². The summed E-state index contributed by atoms with van der Waals surface area (Å²) in [6.07, 6.45) is 6.17. The Bertz CT molecular complexity index is 1110. The minimum Gasteiger partial charge on any atom is -0.300 e. The van der Waals surface area contributed by atoms with E-state index in [1.807, 2.05) is 18.3 Å². The van der Waals surface area contributed by atoms with Crippen LogP contribution >= 0.6 is 0 Å². The van der Waals surface area contributed by atoms with Crippen LogP contribution in [0.15, 0.2) is 71.9 Å². The van der Waals surface area contributed by atoms with E-state index in [4.69, 9.17) is 0 Å². The fourth-order valence-electron chi connectivity index (χ4n) is 2.86. The molecule has 0 amide bonds. The van der Waals surface area contributed by atoms with Crippen LogP contribution < -0.4 is 5.56 Å². The second kappa shape index (κ2) is 6.02. The van der Waals surface area contributed by atoms with E-state index in [2.05, 4.69) is 24.0 Å². The van der Waals surface area contributed by atoms with Crippen molar-refractivity contribution < 1.29 is 4.39 Å². The quantitative estimate of drug-likeness (QED) is 0.571. The molecule has 0 aliphatic carbocycles. The third kappa shape index (κ3) is 2.74. The molecule has 0 saturated carbocycles. The molecule has 0 atom stereocenters. The van der Waals surface area contributed by atoms with Crippen LogP contribution in [-0.2, 0) is 6.42 Å². The average Bonchev–Trinajstić information content (AvgIpc) is 3.07. The minimum absolute atomic E-state index is 0.287. The largest absolute Gasteiger partial charge is 0.300 e. The van der Waals surface area contributed by atoms with Gasteiger partial charge in [-0.1, -0.05) is 37.3 Å². The van der Waals surface area contributed by atoms with Crippen LogP contribution in [0.3, 0.4) is 0 Å². The molecule has 0 fully saturated rings. The number of benzene rings is 2. The highest BCUT2D eigenvalue weighted by molar-refractivity contribution is 5.62. The zero-order valence-electron chi connectivity index (χ0n) is 13.7. The lowest BCUT2D eigenvalue weighted by molar-refractivity contribution is 0.626. The van der Waals surface area contributed by atoms with Gasteiger partial charge in [-0.25, -0.2) is 9.37 Å². The molecule has 124 valence electrons. The van der Waals surface area contributed by atoms with Crippen molar-refractivity contribution in [1.82, 2.24) is 14.0 Å². The Kier molecular flexibility index (Phi) is 3.69. The Hall–Kier alpha value is -3.21. The van der Waals surface area contributed by atoms with Crippen molar-refractivity contribution in [3.63, 3.8) is 0 Å². The van der Waals surface area contributed by atoms with E-state index in [9.17, 15) is 9.18 Å². The normalized spacial score (nSPS) is 11.1. The van der Waals surface area contributed by atoms with E-state index in [0.717, 1.165) is 17.7 Å². The van der Waals surface area contributed by atoms with Gasteiger partial charge in [0.15, 0.2) is 0 Å². The number of fused-ring (bicyclic) bond motifs is 1. The number of hydrogen-bond donors (Lipinski definition) is 0. The molecule has 0 bridgehead atoms. The fourth-order valence-corrected chi connectivity index (χ4v) is 2.86. The maximum Gasteiger partial charge on any atom is 0.298 e. The summed E-state index contributed by atoms with van der Waals surface area (Å²) in [5.74, 6) is -0.385. The van der Waals surface area contributed by atoms with Gasteiger partial charge in [-0.05, 0) is 30.2 Å². The molecule has 4 aromatic rings. The lowest BCUT2D eigenvalue weighted by Crippen LogP contribution is -2.20. The zero-order chi connectivity index (χ0) is 17.4. The fraction of sp³-hybridized carbons (Fsp3) is 0.100. The third-order valence-electron chi connectivity index (χ3n) is 4.26. The van der Waals surface area contributed by atoms with E-state index in [-0.39, 0.29) is 11.4 Å². The molecule has 2 heterocycles. The second-order valence-corrected chi connectivity index (χ2v) is 5.86. The molecule has 2 aromatic heterocycles. The number of aromatic nitrogens is 3. The van der Waals surface area contributed by atoms with Crippen molar-refractivity contribution in [2.75, 3.05) is 0 Å². The second-order valence-electron chi connectivity index (χ2n) is 5.86. The predicted molar refractivity (Wildman–Crippen MR) is 95.6 cm³/mol. The maximum atomic E-state index is 13.4. The molecule has 0 unspecified atom stereocenters. The van der Waals surface area contributed by atoms with Gasteiger partial charge >= 0.3 is 0 Å². The standard InChI is InChI=1S/C20H16FN3O/c1-2-14-6-8-15(9-7-14)18-13-23-10-11-24(20(25)19(23)22-18)17-5-3-4-16(21)12-17/h3-13H,2H2,1H3. The smallest absolute Gasteiger partial charge is 0.298 e. The summed E-state index contributed by atoms with van der Waals surface area (Å²) in [5, 5.41) is 0. The van der Waals surface area contributed by atoms with Crippen LogP contribution in [0.25, 0.3) is 22.6 Å². The van der Waals surface area contributed by atoms with Crippen LogP contribution in [0.5, 0.6) is 0 Å². The molecule has 25 heavy (non-hydrogen) atoms. The highest BCUT2D eigenvalue weighted by atomic mass is 19.1. The van der Waals surface area contributed by atoms with E-state index in [1.54, 1.807) is 28.9 Å². The number of halogens is 1. The Labute approximate surface area is 143 Å². The summed E-state index contributed by atoms with van der Waals surface area (Å²) < 4.78 is 16.5. The molecule has 5 heteroatoms. The average molecular weight is 333 g/mol. The molecule has 0 radical (unpaired) electrons. The lowest BCUT2D eigenvalue weighted by Gasteiger charge is -2.05. The molecule has 0 aliphatic heterocycles. The van der Waals surface area contributed by atoms with Crippen LogP contribution in [0.2, 0.25) is 0 Å². The third-order valence-corrected chi connectivity index (χ3v) is 4.26. The predicted octanol–water partition coefficient (Wildman–Crippen LogP) is 3.85. The van der Waals surface area contributed by atoms with Gasteiger partial charge in [0.1, 0.15) is 5.82 Å². The van der Waals surface area contributed by atoms with Crippen LogP contribution in [0.4, 0.5) is 4.39 Å². The Morgan fingerprint density at radius 3 is 2.60 bits per heavy atom. The van der Waals surface area contributed by atoms with Crippen molar-refractivity contribution in [2.45, 2.75) is 13.3 Å². The lowest BCUT2D eigenvalue weighted by atomic mass is 10.1. The Balaban J connectivity index is 1.83. The van der Waals surface area contributed by atoms with Gasteiger partial charge in [0.25, 0.3) is 5.56 Å². The first-order valence-corrected chi connectivity index (χ1v) is 8.11. The molecule has 4 nitrogen and oxygen atoms in total. The van der Waals surface area contributed by atoms with E-state index >= 15 is 0 Å². The summed E-state index contributed by atoms with van der Waals surface area (Å²) in [7, 11) is 0. The zero-order valence-corrected chi connectivity index (χ0v) is 13.7. The molecule has 0 saturated heterocycles. The molecule has 0 spiro atoms. The topological polar surface area (TPSA) is 39.3 Å². The Morgan fingerprint density at radius 2 is 1.88 bits per heavy atom. The van der Waals surface area contributed by atoms with Crippen molar-refractivity contribution in [3.8, 4) is 16.9 Å². The molecular formula is C20H16FN3O. The summed E-state index contributed by atoms with van der Waals surface area (Å²) >= 11 is 0. The van der Waals surface area contributed by atoms with Gasteiger partial charge in [-0.15, -0.1) is 0 Å². The van der Waals surface area contributed by atoms with E-state index in [0.29, 0.717) is 11.3 Å². The number of aryl methyl sites for hydroxylation is 1. The number of imidazole rings is 1. The first-order chi connectivity index (χ1) is 12.2. The summed E-state index contributed by atoms with van der Waals surface area (Å²) in [6.45, 7) is 2.11. The Morgan fingerprint density at radius 1 is 1.08 bits per heavy atom. The highest BCUT2D eigenvalue weighted by Gasteiger charge is 2.10. The van der Waals surface area contributed by atoms with Gasteiger partial charge in [-0.3, -0.25) is 9.36 Å². The van der Waals surface area contributed by atoms with E-state index in [1.165, 1.54) is 22.3 Å². The number of nitrogens with zero attached hydrogens (tertiary/aromatic N) is 3. The van der Waals surface area contributed by atoms with Gasteiger partial charge < -0.3 is 4.40 Å². The monoisotopic (exact) mass is 333 g/mol. The van der Waals surface area contributed by atoms with Crippen LogP contribution in [0, 0.1) is 5.82 Å². The highest BCUT2D eigenvalue weighted by Crippen LogP contribution is 2.19. The maximum absolute atomic E-state index is 13.4. The van der Waals surface area contributed by atoms with Crippen LogP contribution in [0.1, 0.15) is 12.5 Å². The number of rotatable bonds is 3. The summed E-state index contributed by atoms with van der Waals surface area (Å²) in [5.41, 5.74) is 3.44. The van der Waals surface area contributed by atoms with E-state index < -0.39 is 0 Å². The first kappa shape index (κ1) is 15.3. The molecular weight excluding hydrogens is 317 g/mol. The van der Waals surface area contributed by atoms with Crippen molar-refractivity contribution >= 4 is 5.65 Å². The molecule has 0 aliphatic rings. The van der Waals surface area contributed by atoms with Gasteiger partial charge in [0, 0.05) is 24.2 Å². The SMILES string of the molecule is CCc1ccc(-c2cn3ccn(-c4cccc(F)c4)c(=O)c3n2)cc1. The van der Waals surface area contributed by atoms with Crippen molar-refractivity contribution in [1.29, 1.82) is 0 Å². The molecule has 0 N–H and O–H groups in total. The first-order valence-electron chi connectivity index (χ1n) is 8.11.